The Labute approximate surface area is 193 Å². The summed E-state index contributed by atoms with van der Waals surface area (Å²) in [6.07, 6.45) is 4.13. The van der Waals surface area contributed by atoms with Crippen molar-refractivity contribution in [1.82, 2.24) is 5.32 Å². The number of hydrogen-bond acceptors (Lipinski definition) is 4. The van der Waals surface area contributed by atoms with Crippen LogP contribution < -0.4 is 14.8 Å². The van der Waals surface area contributed by atoms with E-state index in [1.807, 2.05) is 51.1 Å². The fourth-order valence-corrected chi connectivity index (χ4v) is 3.44. The number of carbonyl (C=O) groups is 1. The second-order valence-electron chi connectivity index (χ2n) is 7.11. The first kappa shape index (κ1) is 24.5. The summed E-state index contributed by atoms with van der Waals surface area (Å²) in [6.45, 7) is 6.92. The molecule has 5 nitrogen and oxygen atoms in total. The lowest BCUT2D eigenvalue weighted by atomic mass is 10.1. The Balaban J connectivity index is 2.09. The number of hydrogen-bond donors (Lipinski definition) is 1. The van der Waals surface area contributed by atoms with Crippen molar-refractivity contribution in [3.05, 3.63) is 63.6 Å². The lowest BCUT2D eigenvalue weighted by Gasteiger charge is -2.18. The minimum Gasteiger partial charge on any atom is -0.490 e. The fourth-order valence-electron chi connectivity index (χ4n) is 2.88. The monoisotopic (exact) mass is 484 g/mol. The minimum atomic E-state index is -0.385. The molecule has 164 valence electrons. The Kier molecular flexibility index (Phi) is 10.1. The molecular formula is C25H29BrN2O3. The second kappa shape index (κ2) is 12.8. The highest BCUT2D eigenvalue weighted by Crippen LogP contribution is 2.38. The summed E-state index contributed by atoms with van der Waals surface area (Å²) >= 11 is 3.53. The van der Waals surface area contributed by atoms with E-state index in [2.05, 4.69) is 33.4 Å². The third kappa shape index (κ3) is 7.76. The molecule has 0 fully saturated rings. The highest BCUT2D eigenvalue weighted by molar-refractivity contribution is 9.10. The van der Waals surface area contributed by atoms with Crippen molar-refractivity contribution in [2.75, 3.05) is 13.2 Å². The molecule has 0 saturated carbocycles. The van der Waals surface area contributed by atoms with Crippen LogP contribution in [0.3, 0.4) is 0 Å². The Hall–Kier alpha value is -2.78. The minimum absolute atomic E-state index is 0.0354. The van der Waals surface area contributed by atoms with Gasteiger partial charge in [-0.1, -0.05) is 37.3 Å². The van der Waals surface area contributed by atoms with Crippen molar-refractivity contribution < 1.29 is 14.3 Å². The predicted molar refractivity (Wildman–Crippen MR) is 127 cm³/mol. The number of nitrogens with zero attached hydrogens (tertiary/aromatic N) is 1. The zero-order valence-electron chi connectivity index (χ0n) is 18.3. The number of carbonyl (C=O) groups excluding carboxylic acids is 1. The smallest absolute Gasteiger partial charge is 0.261 e. The molecular weight excluding hydrogens is 456 g/mol. The normalized spacial score (nSPS) is 12.0. The maximum atomic E-state index is 12.5. The summed E-state index contributed by atoms with van der Waals surface area (Å²) in [5, 5.41) is 12.3. The molecule has 0 spiro atoms. The van der Waals surface area contributed by atoms with Gasteiger partial charge >= 0.3 is 0 Å². The Morgan fingerprint density at radius 3 is 2.65 bits per heavy atom. The summed E-state index contributed by atoms with van der Waals surface area (Å²) in [4.78, 5) is 12.5. The quantitative estimate of drug-likeness (QED) is 0.253. The molecule has 0 aromatic heterocycles. The van der Waals surface area contributed by atoms with E-state index in [0.29, 0.717) is 34.7 Å². The van der Waals surface area contributed by atoms with Crippen LogP contribution in [0, 0.1) is 11.3 Å². The molecule has 0 aliphatic heterocycles. The zero-order chi connectivity index (χ0) is 22.6. The molecule has 2 aromatic carbocycles. The van der Waals surface area contributed by atoms with Gasteiger partial charge in [0.15, 0.2) is 11.5 Å². The molecule has 0 aliphatic rings. The van der Waals surface area contributed by atoms with E-state index < -0.39 is 0 Å². The lowest BCUT2D eigenvalue weighted by molar-refractivity contribution is -0.117. The first-order valence-electron chi connectivity index (χ1n) is 10.5. The van der Waals surface area contributed by atoms with Crippen LogP contribution >= 0.6 is 15.9 Å². The molecule has 0 radical (unpaired) electrons. The SMILES string of the molecule is CCOc1cc(/C=C(/C#N)C(=O)NCCCc2ccccc2)cc(Br)c1O[C@@H](C)CC. The zero-order valence-corrected chi connectivity index (χ0v) is 19.9. The number of halogens is 1. The Morgan fingerprint density at radius 1 is 1.26 bits per heavy atom. The topological polar surface area (TPSA) is 71.3 Å². The van der Waals surface area contributed by atoms with Crippen LogP contribution in [0.5, 0.6) is 11.5 Å². The van der Waals surface area contributed by atoms with Crippen LogP contribution in [0.1, 0.15) is 44.7 Å². The molecule has 1 atom stereocenters. The number of nitriles is 1. The van der Waals surface area contributed by atoms with Crippen LogP contribution in [0.15, 0.2) is 52.5 Å². The third-order valence-electron chi connectivity index (χ3n) is 4.67. The van der Waals surface area contributed by atoms with Gasteiger partial charge in [0.25, 0.3) is 5.91 Å². The van der Waals surface area contributed by atoms with Gasteiger partial charge in [-0.05, 0) is 78.4 Å². The van der Waals surface area contributed by atoms with Crippen LogP contribution in [0.2, 0.25) is 0 Å². The summed E-state index contributed by atoms with van der Waals surface area (Å²) in [6, 6.07) is 15.7. The molecule has 0 aliphatic carbocycles. The van der Waals surface area contributed by atoms with Crippen molar-refractivity contribution in [2.24, 2.45) is 0 Å². The summed E-state index contributed by atoms with van der Waals surface area (Å²) in [5.41, 5.74) is 1.95. The average molecular weight is 485 g/mol. The van der Waals surface area contributed by atoms with Crippen molar-refractivity contribution in [2.45, 2.75) is 46.1 Å². The van der Waals surface area contributed by atoms with E-state index in [-0.39, 0.29) is 17.6 Å². The van der Waals surface area contributed by atoms with Crippen molar-refractivity contribution in [3.8, 4) is 17.6 Å². The van der Waals surface area contributed by atoms with Gasteiger partial charge < -0.3 is 14.8 Å². The molecule has 0 unspecified atom stereocenters. The standard InChI is InChI=1S/C25H29BrN2O3/c1-4-18(3)31-24-22(26)15-20(16-23(24)30-5-2)14-21(17-27)25(29)28-13-9-12-19-10-7-6-8-11-19/h6-8,10-11,14-16,18H,4-5,9,12-13H2,1-3H3,(H,28,29)/b21-14-/t18-/m0/s1. The summed E-state index contributed by atoms with van der Waals surface area (Å²) < 4.78 is 12.4. The van der Waals surface area contributed by atoms with Gasteiger partial charge in [-0.25, -0.2) is 0 Å². The highest BCUT2D eigenvalue weighted by atomic mass is 79.9. The first-order chi connectivity index (χ1) is 15.0. The fraction of sp³-hybridized carbons (Fsp3) is 0.360. The number of amides is 1. The number of aryl methyl sites for hydroxylation is 1. The Morgan fingerprint density at radius 2 is 2.00 bits per heavy atom. The molecule has 2 aromatic rings. The van der Waals surface area contributed by atoms with Crippen molar-refractivity contribution >= 4 is 27.9 Å². The van der Waals surface area contributed by atoms with Crippen molar-refractivity contribution in [3.63, 3.8) is 0 Å². The molecule has 1 N–H and O–H groups in total. The lowest BCUT2D eigenvalue weighted by Crippen LogP contribution is -2.25. The molecule has 31 heavy (non-hydrogen) atoms. The molecule has 2 rings (SSSR count). The van der Waals surface area contributed by atoms with Crippen LogP contribution in [-0.4, -0.2) is 25.2 Å². The van der Waals surface area contributed by atoms with E-state index in [9.17, 15) is 10.1 Å². The van der Waals surface area contributed by atoms with Crippen LogP contribution in [0.25, 0.3) is 6.08 Å². The molecule has 1 amide bonds. The van der Waals surface area contributed by atoms with Gasteiger partial charge in [0.05, 0.1) is 17.2 Å². The largest absolute Gasteiger partial charge is 0.490 e. The van der Waals surface area contributed by atoms with Gasteiger partial charge in [-0.15, -0.1) is 0 Å². The molecule has 6 heteroatoms. The third-order valence-corrected chi connectivity index (χ3v) is 5.26. The number of ether oxygens (including phenoxy) is 2. The van der Waals surface area contributed by atoms with Gasteiger partial charge in [0.2, 0.25) is 0 Å². The predicted octanol–water partition coefficient (Wildman–Crippen LogP) is 5.68. The first-order valence-corrected chi connectivity index (χ1v) is 11.3. The van der Waals surface area contributed by atoms with E-state index in [1.54, 1.807) is 12.1 Å². The molecule has 0 saturated heterocycles. The van der Waals surface area contributed by atoms with Gasteiger partial charge in [0, 0.05) is 6.54 Å². The van der Waals surface area contributed by atoms with Crippen LogP contribution in [-0.2, 0) is 11.2 Å². The number of rotatable bonds is 11. The highest BCUT2D eigenvalue weighted by Gasteiger charge is 2.15. The number of nitrogens with one attached hydrogen (secondary N) is 1. The second-order valence-corrected chi connectivity index (χ2v) is 7.97. The average Bonchev–Trinajstić information content (AvgIpc) is 2.77. The number of benzene rings is 2. The van der Waals surface area contributed by atoms with E-state index in [0.717, 1.165) is 19.3 Å². The maximum Gasteiger partial charge on any atom is 0.261 e. The van der Waals surface area contributed by atoms with E-state index >= 15 is 0 Å². The maximum absolute atomic E-state index is 12.5. The van der Waals surface area contributed by atoms with Gasteiger partial charge in [-0.2, -0.15) is 5.26 Å². The van der Waals surface area contributed by atoms with E-state index in [4.69, 9.17) is 9.47 Å². The van der Waals surface area contributed by atoms with E-state index in [1.165, 1.54) is 5.56 Å². The summed E-state index contributed by atoms with van der Waals surface area (Å²) in [5.74, 6) is 0.811. The summed E-state index contributed by atoms with van der Waals surface area (Å²) in [7, 11) is 0. The van der Waals surface area contributed by atoms with Gasteiger partial charge in [0.1, 0.15) is 11.6 Å². The molecule has 0 bridgehead atoms. The van der Waals surface area contributed by atoms with Crippen LogP contribution in [0.4, 0.5) is 0 Å². The Bertz CT molecular complexity index is 936. The molecule has 0 heterocycles. The van der Waals surface area contributed by atoms with Gasteiger partial charge in [-0.3, -0.25) is 4.79 Å². The van der Waals surface area contributed by atoms with Crippen molar-refractivity contribution in [1.29, 1.82) is 5.26 Å².